The lowest BCUT2D eigenvalue weighted by atomic mass is 9.91. The average molecular weight is 580 g/mol. The molecule has 0 radical (unpaired) electrons. The van der Waals surface area contributed by atoms with Gasteiger partial charge in [-0.3, -0.25) is 9.59 Å². The van der Waals surface area contributed by atoms with Crippen molar-refractivity contribution in [1.29, 1.82) is 0 Å². The van der Waals surface area contributed by atoms with E-state index < -0.39 is 11.7 Å². The molecule has 1 aliphatic rings. The van der Waals surface area contributed by atoms with Gasteiger partial charge in [0.15, 0.2) is 0 Å². The highest BCUT2D eigenvalue weighted by Crippen LogP contribution is 2.26. The number of ether oxygens (including phenoxy) is 1. The van der Waals surface area contributed by atoms with E-state index >= 15 is 0 Å². The molecule has 0 aliphatic heterocycles. The summed E-state index contributed by atoms with van der Waals surface area (Å²) in [6.07, 6.45) is 3.88. The Morgan fingerprint density at radius 3 is 2.45 bits per heavy atom. The summed E-state index contributed by atoms with van der Waals surface area (Å²) in [6, 6.07) is 8.37. The minimum Gasteiger partial charge on any atom is -0.438 e. The number of nitrogens with zero attached hydrogens (tertiary/aromatic N) is 2. The van der Waals surface area contributed by atoms with Crippen LogP contribution in [0.4, 0.5) is 4.39 Å². The van der Waals surface area contributed by atoms with Crippen LogP contribution in [0.5, 0.6) is 11.6 Å². The molecule has 3 aromatic rings. The number of aromatic nitrogens is 2. The number of aryl methyl sites for hydroxylation is 1. The standard InChI is InChI=1S/C23H22FIN4O3S/c1-13-27-20(12-33-13)22(31)29-17-7-5-16(6-8-17)28-21(30)19-9-14(24)11-26-23(19)32-18-4-2-3-15(25)10-18/h2-4,9-12,16-17H,5-8H2,1H3,(H,28,30)(H,29,31)/t16-,17-. The van der Waals surface area contributed by atoms with Crippen LogP contribution in [0, 0.1) is 16.3 Å². The van der Waals surface area contributed by atoms with Crippen LogP contribution in [0.2, 0.25) is 0 Å². The molecule has 1 aromatic carbocycles. The number of thiazole rings is 1. The van der Waals surface area contributed by atoms with Gasteiger partial charge >= 0.3 is 0 Å². The normalized spacial score (nSPS) is 17.9. The first-order valence-electron chi connectivity index (χ1n) is 10.5. The Labute approximate surface area is 208 Å². The molecule has 0 saturated heterocycles. The van der Waals surface area contributed by atoms with Gasteiger partial charge in [-0.2, -0.15) is 0 Å². The lowest BCUT2D eigenvalue weighted by Gasteiger charge is -2.29. The number of carbonyl (C=O) groups is 2. The summed E-state index contributed by atoms with van der Waals surface area (Å²) >= 11 is 3.60. The van der Waals surface area contributed by atoms with Gasteiger partial charge in [-0.05, 0) is 79.5 Å². The van der Waals surface area contributed by atoms with E-state index in [2.05, 4.69) is 43.2 Å². The topological polar surface area (TPSA) is 93.2 Å². The van der Waals surface area contributed by atoms with Crippen molar-refractivity contribution >= 4 is 45.7 Å². The highest BCUT2D eigenvalue weighted by Gasteiger charge is 2.26. The first-order valence-corrected chi connectivity index (χ1v) is 12.5. The molecule has 1 saturated carbocycles. The predicted molar refractivity (Wildman–Crippen MR) is 131 cm³/mol. The molecule has 0 spiro atoms. The number of hydrogen-bond acceptors (Lipinski definition) is 6. The summed E-state index contributed by atoms with van der Waals surface area (Å²) in [5.74, 6) is -0.654. The first kappa shape index (κ1) is 23.6. The second-order valence-corrected chi connectivity index (χ2v) is 10.1. The van der Waals surface area contributed by atoms with Gasteiger partial charge in [0, 0.05) is 21.0 Å². The van der Waals surface area contributed by atoms with Crippen molar-refractivity contribution in [2.24, 2.45) is 0 Å². The van der Waals surface area contributed by atoms with Crippen LogP contribution in [0.15, 0.2) is 41.9 Å². The van der Waals surface area contributed by atoms with Crippen molar-refractivity contribution < 1.29 is 18.7 Å². The van der Waals surface area contributed by atoms with Crippen LogP contribution in [0.1, 0.15) is 51.5 Å². The Bertz CT molecular complexity index is 1160. The van der Waals surface area contributed by atoms with Gasteiger partial charge in [0.1, 0.15) is 22.8 Å². The van der Waals surface area contributed by atoms with E-state index in [1.54, 1.807) is 17.5 Å². The molecule has 33 heavy (non-hydrogen) atoms. The van der Waals surface area contributed by atoms with Gasteiger partial charge in [-0.25, -0.2) is 14.4 Å². The lowest BCUT2D eigenvalue weighted by molar-refractivity contribution is 0.0888. The molecular weight excluding hydrogens is 558 g/mol. The van der Waals surface area contributed by atoms with E-state index in [0.717, 1.165) is 33.7 Å². The molecule has 2 N–H and O–H groups in total. The summed E-state index contributed by atoms with van der Waals surface area (Å²) < 4.78 is 20.6. The smallest absolute Gasteiger partial charge is 0.270 e. The number of rotatable bonds is 6. The summed E-state index contributed by atoms with van der Waals surface area (Å²) in [5, 5.41) is 8.57. The SMILES string of the molecule is Cc1nc(C(=O)N[C@H]2CC[C@H](NC(=O)c3cc(F)cnc3Oc3cccc(I)c3)CC2)cs1. The molecule has 2 heterocycles. The Hall–Kier alpha value is -2.60. The molecule has 2 aromatic heterocycles. The highest BCUT2D eigenvalue weighted by atomic mass is 127. The van der Waals surface area contributed by atoms with Crippen molar-refractivity contribution in [2.45, 2.75) is 44.7 Å². The number of pyridine rings is 1. The van der Waals surface area contributed by atoms with E-state index in [-0.39, 0.29) is 29.4 Å². The van der Waals surface area contributed by atoms with Crippen LogP contribution in [-0.4, -0.2) is 33.9 Å². The third-order valence-electron chi connectivity index (χ3n) is 5.32. The Balaban J connectivity index is 1.35. The zero-order chi connectivity index (χ0) is 23.4. The number of carbonyl (C=O) groups excluding carboxylic acids is 2. The zero-order valence-corrected chi connectivity index (χ0v) is 20.8. The van der Waals surface area contributed by atoms with Crippen molar-refractivity contribution in [3.05, 3.63) is 67.6 Å². The molecule has 0 atom stereocenters. The number of hydrogen-bond donors (Lipinski definition) is 2. The molecule has 0 unspecified atom stereocenters. The Morgan fingerprint density at radius 1 is 1.12 bits per heavy atom. The molecular formula is C23H22FIN4O3S. The van der Waals surface area contributed by atoms with Gasteiger partial charge in [0.05, 0.1) is 11.2 Å². The van der Waals surface area contributed by atoms with Crippen molar-refractivity contribution in [1.82, 2.24) is 20.6 Å². The van der Waals surface area contributed by atoms with Gasteiger partial charge in [0.25, 0.3) is 11.8 Å². The van der Waals surface area contributed by atoms with E-state index in [1.807, 2.05) is 19.1 Å². The lowest BCUT2D eigenvalue weighted by Crippen LogP contribution is -2.44. The molecule has 4 rings (SSSR count). The van der Waals surface area contributed by atoms with Crippen molar-refractivity contribution in [3.8, 4) is 11.6 Å². The Kier molecular flexibility index (Phi) is 7.53. The highest BCUT2D eigenvalue weighted by molar-refractivity contribution is 14.1. The van der Waals surface area contributed by atoms with E-state index in [0.29, 0.717) is 24.3 Å². The summed E-state index contributed by atoms with van der Waals surface area (Å²) in [6.45, 7) is 1.86. The van der Waals surface area contributed by atoms with E-state index in [4.69, 9.17) is 4.74 Å². The molecule has 1 aliphatic carbocycles. The van der Waals surface area contributed by atoms with Gasteiger partial charge in [0.2, 0.25) is 5.88 Å². The third-order valence-corrected chi connectivity index (χ3v) is 6.77. The fourth-order valence-electron chi connectivity index (χ4n) is 3.69. The van der Waals surface area contributed by atoms with E-state index in [9.17, 15) is 14.0 Å². The largest absolute Gasteiger partial charge is 0.438 e. The molecule has 2 amide bonds. The summed E-state index contributed by atoms with van der Waals surface area (Å²) in [5.41, 5.74) is 0.482. The predicted octanol–water partition coefficient (Wildman–Crippen LogP) is 4.85. The van der Waals surface area contributed by atoms with Gasteiger partial charge < -0.3 is 15.4 Å². The number of nitrogens with one attached hydrogen (secondary N) is 2. The van der Waals surface area contributed by atoms with Crippen LogP contribution >= 0.6 is 33.9 Å². The number of benzene rings is 1. The summed E-state index contributed by atoms with van der Waals surface area (Å²) in [4.78, 5) is 33.4. The number of amides is 2. The molecule has 7 nitrogen and oxygen atoms in total. The third kappa shape index (κ3) is 6.26. The first-order chi connectivity index (χ1) is 15.9. The monoisotopic (exact) mass is 580 g/mol. The Morgan fingerprint density at radius 2 is 1.82 bits per heavy atom. The van der Waals surface area contributed by atoms with Gasteiger partial charge in [-0.15, -0.1) is 11.3 Å². The maximum atomic E-state index is 13.9. The quantitative estimate of drug-likeness (QED) is 0.407. The minimum atomic E-state index is -0.612. The molecule has 0 bridgehead atoms. The fraction of sp³-hybridized carbons (Fsp3) is 0.304. The zero-order valence-electron chi connectivity index (χ0n) is 17.8. The second kappa shape index (κ2) is 10.6. The van der Waals surface area contributed by atoms with Gasteiger partial charge in [-0.1, -0.05) is 6.07 Å². The fourth-order valence-corrected chi connectivity index (χ4v) is 4.79. The molecule has 172 valence electrons. The minimum absolute atomic E-state index is 0.0305. The maximum absolute atomic E-state index is 13.9. The van der Waals surface area contributed by atoms with Crippen molar-refractivity contribution in [2.75, 3.05) is 0 Å². The van der Waals surface area contributed by atoms with Crippen LogP contribution in [-0.2, 0) is 0 Å². The van der Waals surface area contributed by atoms with E-state index in [1.165, 1.54) is 11.3 Å². The molecule has 10 heteroatoms. The average Bonchev–Trinajstić information content (AvgIpc) is 3.23. The van der Waals surface area contributed by atoms with Crippen LogP contribution in [0.3, 0.4) is 0 Å². The molecule has 1 fully saturated rings. The van der Waals surface area contributed by atoms with Crippen LogP contribution in [0.25, 0.3) is 0 Å². The maximum Gasteiger partial charge on any atom is 0.270 e. The van der Waals surface area contributed by atoms with Crippen molar-refractivity contribution in [3.63, 3.8) is 0 Å². The number of halogens is 2. The second-order valence-electron chi connectivity index (χ2n) is 7.81. The summed E-state index contributed by atoms with van der Waals surface area (Å²) in [7, 11) is 0. The van der Waals surface area contributed by atoms with Crippen LogP contribution < -0.4 is 15.4 Å².